The Labute approximate surface area is 97.5 Å². The Morgan fingerprint density at radius 2 is 1.75 bits per heavy atom. The van der Waals surface area contributed by atoms with E-state index < -0.39 is 0 Å². The van der Waals surface area contributed by atoms with Gasteiger partial charge in [-0.1, -0.05) is 29.8 Å². The summed E-state index contributed by atoms with van der Waals surface area (Å²) in [5.74, 6) is 0. The quantitative estimate of drug-likeness (QED) is 0.561. The van der Waals surface area contributed by atoms with Crippen LogP contribution in [-0.2, 0) is 6.54 Å². The van der Waals surface area contributed by atoms with E-state index >= 15 is 0 Å². The van der Waals surface area contributed by atoms with Crippen molar-refractivity contribution >= 4 is 0 Å². The van der Waals surface area contributed by atoms with Crippen molar-refractivity contribution in [2.75, 3.05) is 33.2 Å². The molecule has 1 fully saturated rings. The summed E-state index contributed by atoms with van der Waals surface area (Å²) < 4.78 is -0.0621. The molecule has 3 heteroatoms. The molecule has 0 saturated carbocycles. The van der Waals surface area contributed by atoms with Gasteiger partial charge in [0.25, 0.3) is 0 Å². The molecular formula is C13H20N2O. The van der Waals surface area contributed by atoms with Gasteiger partial charge < -0.3 is 9.85 Å². The molecule has 1 heterocycles. The van der Waals surface area contributed by atoms with Gasteiger partial charge in [0.1, 0.15) is 6.54 Å². The lowest BCUT2D eigenvalue weighted by Crippen LogP contribution is -2.54. The maximum absolute atomic E-state index is 12.4. The normalized spacial score (nSPS) is 20.9. The smallest absolute Gasteiger partial charge is 0.104 e. The molecule has 1 aromatic rings. The molecule has 1 aromatic carbocycles. The molecule has 0 spiro atoms. The lowest BCUT2D eigenvalue weighted by molar-refractivity contribution is -0.898. The van der Waals surface area contributed by atoms with Crippen LogP contribution in [0.15, 0.2) is 24.3 Å². The van der Waals surface area contributed by atoms with Crippen LogP contribution in [0.1, 0.15) is 11.1 Å². The van der Waals surface area contributed by atoms with Crippen LogP contribution in [-0.4, -0.2) is 42.8 Å². The Balaban J connectivity index is 2.00. The van der Waals surface area contributed by atoms with Crippen LogP contribution in [0.5, 0.6) is 0 Å². The van der Waals surface area contributed by atoms with Gasteiger partial charge in [0, 0.05) is 18.7 Å². The van der Waals surface area contributed by atoms with Gasteiger partial charge in [-0.3, -0.25) is 4.90 Å². The van der Waals surface area contributed by atoms with E-state index in [1.54, 1.807) is 0 Å². The fraction of sp³-hybridized carbons (Fsp3) is 0.538. The summed E-state index contributed by atoms with van der Waals surface area (Å²) in [6, 6.07) is 8.31. The monoisotopic (exact) mass is 220 g/mol. The maximum Gasteiger partial charge on any atom is 0.104 e. The van der Waals surface area contributed by atoms with Gasteiger partial charge in [-0.2, -0.15) is 0 Å². The Kier molecular flexibility index (Phi) is 3.28. The van der Waals surface area contributed by atoms with Crippen LogP contribution in [0.25, 0.3) is 0 Å². The third kappa shape index (κ3) is 2.82. The van der Waals surface area contributed by atoms with Gasteiger partial charge in [-0.25, -0.2) is 0 Å². The minimum atomic E-state index is -0.0621. The van der Waals surface area contributed by atoms with Gasteiger partial charge >= 0.3 is 0 Å². The van der Waals surface area contributed by atoms with Crippen molar-refractivity contribution in [3.8, 4) is 0 Å². The summed E-state index contributed by atoms with van der Waals surface area (Å²) in [5, 5.41) is 12.4. The van der Waals surface area contributed by atoms with E-state index in [0.717, 1.165) is 18.7 Å². The molecule has 1 aliphatic heterocycles. The minimum absolute atomic E-state index is 0.0621. The van der Waals surface area contributed by atoms with Crippen LogP contribution >= 0.6 is 0 Å². The highest BCUT2D eigenvalue weighted by Gasteiger charge is 2.23. The number of rotatable bonds is 2. The highest BCUT2D eigenvalue weighted by Crippen LogP contribution is 2.16. The first-order valence-corrected chi connectivity index (χ1v) is 5.89. The fourth-order valence-electron chi connectivity index (χ4n) is 2.11. The van der Waals surface area contributed by atoms with E-state index in [1.807, 2.05) is 0 Å². The van der Waals surface area contributed by atoms with Gasteiger partial charge in [0.2, 0.25) is 0 Å². The molecule has 0 aromatic heterocycles. The first-order chi connectivity index (χ1) is 7.57. The summed E-state index contributed by atoms with van der Waals surface area (Å²) in [6.07, 6.45) is 0. The maximum atomic E-state index is 12.4. The summed E-state index contributed by atoms with van der Waals surface area (Å²) in [7, 11) is 2.08. The molecule has 3 nitrogen and oxygen atoms in total. The number of piperazine rings is 1. The van der Waals surface area contributed by atoms with E-state index in [4.69, 9.17) is 0 Å². The second-order valence-corrected chi connectivity index (χ2v) is 4.95. The van der Waals surface area contributed by atoms with Crippen molar-refractivity contribution in [3.05, 3.63) is 40.6 Å². The topological polar surface area (TPSA) is 26.3 Å². The first-order valence-electron chi connectivity index (χ1n) is 5.89. The predicted molar refractivity (Wildman–Crippen MR) is 65.7 cm³/mol. The van der Waals surface area contributed by atoms with Gasteiger partial charge in [0.05, 0.1) is 13.1 Å². The largest absolute Gasteiger partial charge is 0.632 e. The highest BCUT2D eigenvalue weighted by molar-refractivity contribution is 5.20. The van der Waals surface area contributed by atoms with E-state index in [2.05, 4.69) is 43.1 Å². The summed E-state index contributed by atoms with van der Waals surface area (Å²) in [5.41, 5.74) is 2.41. The van der Waals surface area contributed by atoms with Gasteiger partial charge in [-0.15, -0.1) is 0 Å². The number of hydroxylamine groups is 3. The number of nitrogens with zero attached hydrogens (tertiary/aromatic N) is 2. The second kappa shape index (κ2) is 4.53. The van der Waals surface area contributed by atoms with Gasteiger partial charge in [-0.05, 0) is 14.0 Å². The van der Waals surface area contributed by atoms with Crippen molar-refractivity contribution in [1.29, 1.82) is 0 Å². The Morgan fingerprint density at radius 3 is 2.31 bits per heavy atom. The molecule has 88 valence electrons. The third-order valence-corrected chi connectivity index (χ3v) is 3.37. The zero-order chi connectivity index (χ0) is 11.6. The molecule has 0 aliphatic carbocycles. The molecule has 0 atom stereocenters. The summed E-state index contributed by atoms with van der Waals surface area (Å²) in [6.45, 7) is 5.94. The zero-order valence-electron chi connectivity index (χ0n) is 10.1. The van der Waals surface area contributed by atoms with Crippen LogP contribution in [0.2, 0.25) is 0 Å². The molecule has 16 heavy (non-hydrogen) atoms. The third-order valence-electron chi connectivity index (χ3n) is 3.37. The average Bonchev–Trinajstić information content (AvgIpc) is 2.27. The number of hydrogen-bond acceptors (Lipinski definition) is 2. The van der Waals surface area contributed by atoms with Crippen LogP contribution in [0, 0.1) is 12.1 Å². The molecular weight excluding hydrogens is 200 g/mol. The lowest BCUT2D eigenvalue weighted by atomic mass is 10.1. The Morgan fingerprint density at radius 1 is 1.19 bits per heavy atom. The number of hydrogen-bond donors (Lipinski definition) is 0. The van der Waals surface area contributed by atoms with E-state index in [0.29, 0.717) is 19.6 Å². The molecule has 1 saturated heterocycles. The molecule has 0 unspecified atom stereocenters. The lowest BCUT2D eigenvalue weighted by Gasteiger charge is -2.47. The van der Waals surface area contributed by atoms with E-state index in [1.165, 1.54) is 5.56 Å². The molecule has 0 radical (unpaired) electrons. The molecule has 0 bridgehead atoms. The molecule has 2 rings (SSSR count). The van der Waals surface area contributed by atoms with Crippen LogP contribution in [0.3, 0.4) is 0 Å². The molecule has 1 aliphatic rings. The average molecular weight is 220 g/mol. The van der Waals surface area contributed by atoms with Crippen molar-refractivity contribution in [1.82, 2.24) is 4.90 Å². The van der Waals surface area contributed by atoms with Crippen molar-refractivity contribution in [2.45, 2.75) is 13.5 Å². The fourth-order valence-corrected chi connectivity index (χ4v) is 2.11. The minimum Gasteiger partial charge on any atom is -0.632 e. The van der Waals surface area contributed by atoms with Crippen molar-refractivity contribution in [2.24, 2.45) is 0 Å². The van der Waals surface area contributed by atoms with Crippen molar-refractivity contribution < 1.29 is 4.65 Å². The highest BCUT2D eigenvalue weighted by atomic mass is 16.5. The summed E-state index contributed by atoms with van der Waals surface area (Å²) >= 11 is 0. The Hall–Kier alpha value is -0.900. The number of aryl methyl sites for hydroxylation is 1. The second-order valence-electron chi connectivity index (χ2n) is 4.95. The van der Waals surface area contributed by atoms with Crippen molar-refractivity contribution in [3.63, 3.8) is 0 Å². The molecule has 0 amide bonds. The van der Waals surface area contributed by atoms with Crippen LogP contribution < -0.4 is 0 Å². The molecule has 0 N–H and O–H groups in total. The van der Waals surface area contributed by atoms with E-state index in [9.17, 15) is 5.21 Å². The number of likely N-dealkylation sites (N-methyl/N-ethyl adjacent to an activating group) is 1. The summed E-state index contributed by atoms with van der Waals surface area (Å²) in [4.78, 5) is 2.23. The van der Waals surface area contributed by atoms with E-state index in [-0.39, 0.29) is 4.65 Å². The first kappa shape index (κ1) is 11.6. The number of quaternary nitrogens is 1. The predicted octanol–water partition coefficient (Wildman–Crippen LogP) is 1.76. The Bertz CT molecular complexity index is 339. The number of benzene rings is 1. The standard InChI is InChI=1S/C13H20N2O/c1-12-3-5-13(6-4-12)11-15(16)9-7-14(2)8-10-15/h3-6H,7-11H2,1-2H3. The van der Waals surface area contributed by atoms with Gasteiger partial charge in [0.15, 0.2) is 0 Å². The SMILES string of the molecule is Cc1ccc(C[N+]2([O-])CCN(C)CC2)cc1. The zero-order valence-corrected chi connectivity index (χ0v) is 10.1. The van der Waals surface area contributed by atoms with Crippen LogP contribution in [0.4, 0.5) is 0 Å².